The predicted octanol–water partition coefficient (Wildman–Crippen LogP) is -1.52. The average molecular weight is 686 g/mol. The Balaban J connectivity index is 0.00000294. The molecule has 0 amide bonds. The number of oxime groups is 2. The quantitative estimate of drug-likeness (QED) is 0.0920. The summed E-state index contributed by atoms with van der Waals surface area (Å²) in [4.78, 5) is 10.8. The van der Waals surface area contributed by atoms with Crippen molar-refractivity contribution in [3.05, 3.63) is 120 Å². The van der Waals surface area contributed by atoms with Gasteiger partial charge in [-0.05, 0) is 35.4 Å². The standard InChI is InChI=1S/C31H34N4O4.2BrH/c1-36-30-8-4-28(5-9-30)24-38-32-22-26-12-18-34(19-13-26)16-3-17-35-20-14-27(15-21-35)23-33-39-25-29-6-10-31(37-2)11-7-29;;/h4-15,18-23H,3,16-17,24-25H2,1-2H3;2*1H/q+2;;/p-2/b32-22+,33-23+;;. The molecule has 10 heteroatoms. The van der Waals surface area contributed by atoms with Crippen LogP contribution >= 0.6 is 0 Å². The van der Waals surface area contributed by atoms with Gasteiger partial charge in [-0.1, -0.05) is 34.6 Å². The number of rotatable bonds is 14. The van der Waals surface area contributed by atoms with Crippen molar-refractivity contribution < 1.29 is 62.2 Å². The van der Waals surface area contributed by atoms with Gasteiger partial charge in [-0.3, -0.25) is 0 Å². The first-order valence-corrected chi connectivity index (χ1v) is 12.8. The number of pyridine rings is 2. The summed E-state index contributed by atoms with van der Waals surface area (Å²) in [7, 11) is 3.30. The molecule has 0 saturated heterocycles. The van der Waals surface area contributed by atoms with E-state index in [1.165, 1.54) is 0 Å². The number of ether oxygens (including phenoxy) is 2. The number of methoxy groups -OCH3 is 2. The van der Waals surface area contributed by atoms with Gasteiger partial charge in [-0.25, -0.2) is 9.13 Å². The summed E-state index contributed by atoms with van der Waals surface area (Å²) in [6.45, 7) is 2.66. The van der Waals surface area contributed by atoms with Crippen LogP contribution < -0.4 is 52.6 Å². The van der Waals surface area contributed by atoms with E-state index in [2.05, 4.69) is 44.2 Å². The highest BCUT2D eigenvalue weighted by Gasteiger charge is 2.05. The van der Waals surface area contributed by atoms with Crippen LogP contribution in [-0.4, -0.2) is 26.6 Å². The minimum atomic E-state index is 0. The number of halogens is 2. The highest BCUT2D eigenvalue weighted by molar-refractivity contribution is 5.78. The lowest BCUT2D eigenvalue weighted by Crippen LogP contribution is -3.00. The molecule has 0 aliphatic carbocycles. The maximum absolute atomic E-state index is 5.40. The first-order chi connectivity index (χ1) is 19.2. The Morgan fingerprint density at radius 1 is 0.561 bits per heavy atom. The Bertz CT molecular complexity index is 1230. The maximum Gasteiger partial charge on any atom is 0.169 e. The molecule has 4 aromatic rings. The van der Waals surface area contributed by atoms with Gasteiger partial charge in [-0.15, -0.1) is 0 Å². The van der Waals surface area contributed by atoms with Gasteiger partial charge in [0.05, 0.1) is 33.1 Å². The first kappa shape index (κ1) is 33.4. The molecule has 2 heterocycles. The molecule has 41 heavy (non-hydrogen) atoms. The second-order valence-corrected chi connectivity index (χ2v) is 8.80. The molecule has 0 radical (unpaired) electrons. The number of hydrogen-bond acceptors (Lipinski definition) is 6. The summed E-state index contributed by atoms with van der Waals surface area (Å²) in [5.41, 5.74) is 4.05. The highest BCUT2D eigenvalue weighted by atomic mass is 79.9. The van der Waals surface area contributed by atoms with Crippen LogP contribution in [0.25, 0.3) is 0 Å². The summed E-state index contributed by atoms with van der Waals surface area (Å²) >= 11 is 0. The van der Waals surface area contributed by atoms with Gasteiger partial charge in [0.25, 0.3) is 0 Å². The number of hydrogen-bond donors (Lipinski definition) is 0. The van der Waals surface area contributed by atoms with E-state index in [-0.39, 0.29) is 34.0 Å². The van der Waals surface area contributed by atoms with Crippen LogP contribution in [0.1, 0.15) is 28.7 Å². The molecule has 0 unspecified atom stereocenters. The van der Waals surface area contributed by atoms with E-state index in [4.69, 9.17) is 19.1 Å². The van der Waals surface area contributed by atoms with Crippen LogP contribution in [0.3, 0.4) is 0 Å². The van der Waals surface area contributed by atoms with Crippen molar-refractivity contribution in [2.75, 3.05) is 14.2 Å². The largest absolute Gasteiger partial charge is 1.00 e. The van der Waals surface area contributed by atoms with E-state index in [0.717, 1.165) is 53.3 Å². The molecule has 0 N–H and O–H groups in total. The zero-order valence-corrected chi connectivity index (χ0v) is 26.3. The average Bonchev–Trinajstić information content (AvgIpc) is 2.99. The van der Waals surface area contributed by atoms with E-state index in [1.807, 2.05) is 72.8 Å². The van der Waals surface area contributed by atoms with Crippen molar-refractivity contribution in [2.45, 2.75) is 32.7 Å². The second-order valence-electron chi connectivity index (χ2n) is 8.80. The third-order valence-electron chi connectivity index (χ3n) is 6.00. The van der Waals surface area contributed by atoms with Crippen LogP contribution in [0.2, 0.25) is 0 Å². The van der Waals surface area contributed by atoms with Crippen molar-refractivity contribution in [2.24, 2.45) is 10.3 Å². The third-order valence-corrected chi connectivity index (χ3v) is 6.00. The summed E-state index contributed by atoms with van der Waals surface area (Å²) in [6, 6.07) is 23.6. The van der Waals surface area contributed by atoms with Gasteiger partial charge >= 0.3 is 0 Å². The number of benzene rings is 2. The fourth-order valence-corrected chi connectivity index (χ4v) is 3.71. The van der Waals surface area contributed by atoms with Crippen LogP contribution in [-0.2, 0) is 36.0 Å². The Morgan fingerprint density at radius 3 is 1.27 bits per heavy atom. The Kier molecular flexibility index (Phi) is 15.1. The van der Waals surface area contributed by atoms with Crippen LogP contribution in [0.15, 0.2) is 108 Å². The molecule has 4 rings (SSSR count). The van der Waals surface area contributed by atoms with Gasteiger partial charge in [0, 0.05) is 35.4 Å². The SMILES string of the molecule is COc1ccc(CO/N=C/c2cc[n+](CCC[n+]3ccc(/C=N/OCc4ccc(OC)cc4)cc3)cc2)cc1.[Br-].[Br-]. The molecular weight excluding hydrogens is 652 g/mol. The fraction of sp³-hybridized carbons (Fsp3) is 0.226. The van der Waals surface area contributed by atoms with Crippen molar-refractivity contribution in [3.8, 4) is 11.5 Å². The Morgan fingerprint density at radius 2 is 0.927 bits per heavy atom. The van der Waals surface area contributed by atoms with E-state index in [9.17, 15) is 0 Å². The predicted molar refractivity (Wildman–Crippen MR) is 149 cm³/mol. The topological polar surface area (TPSA) is 69.4 Å². The lowest BCUT2D eigenvalue weighted by molar-refractivity contribution is -0.726. The molecule has 0 aliphatic heterocycles. The Hall–Kier alpha value is -3.76. The van der Waals surface area contributed by atoms with Gasteiger partial charge in [-0.2, -0.15) is 0 Å². The van der Waals surface area contributed by atoms with E-state index < -0.39 is 0 Å². The zero-order chi connectivity index (χ0) is 27.1. The van der Waals surface area contributed by atoms with Gasteiger partial charge in [0.2, 0.25) is 0 Å². The highest BCUT2D eigenvalue weighted by Crippen LogP contribution is 2.13. The van der Waals surface area contributed by atoms with Crippen molar-refractivity contribution in [3.63, 3.8) is 0 Å². The van der Waals surface area contributed by atoms with Gasteiger partial charge < -0.3 is 53.1 Å². The summed E-state index contributed by atoms with van der Waals surface area (Å²) in [5, 5.41) is 8.14. The third kappa shape index (κ3) is 11.7. The lowest BCUT2D eigenvalue weighted by Gasteiger charge is -2.02. The monoisotopic (exact) mass is 684 g/mol. The zero-order valence-electron chi connectivity index (χ0n) is 23.1. The smallest absolute Gasteiger partial charge is 0.169 e. The number of aryl methyl sites for hydroxylation is 2. The molecule has 0 fully saturated rings. The fourth-order valence-electron chi connectivity index (χ4n) is 3.71. The van der Waals surface area contributed by atoms with Crippen molar-refractivity contribution >= 4 is 12.4 Å². The number of aromatic nitrogens is 2. The molecule has 8 nitrogen and oxygen atoms in total. The molecule has 0 atom stereocenters. The van der Waals surface area contributed by atoms with Gasteiger partial charge in [0.1, 0.15) is 24.7 Å². The lowest BCUT2D eigenvalue weighted by atomic mass is 10.2. The number of nitrogens with zero attached hydrogens (tertiary/aromatic N) is 4. The normalized spacial score (nSPS) is 10.6. The summed E-state index contributed by atoms with van der Waals surface area (Å²) < 4.78 is 14.6. The molecule has 2 aromatic carbocycles. The molecule has 0 aliphatic rings. The van der Waals surface area contributed by atoms with Gasteiger partial charge in [0.15, 0.2) is 37.9 Å². The Labute approximate surface area is 262 Å². The molecule has 0 spiro atoms. The summed E-state index contributed by atoms with van der Waals surface area (Å²) in [6.07, 6.45) is 12.7. The van der Waals surface area contributed by atoms with Crippen LogP contribution in [0.4, 0.5) is 0 Å². The van der Waals surface area contributed by atoms with E-state index in [1.54, 1.807) is 26.6 Å². The molecular formula is C31H34Br2N4O4. The molecule has 0 saturated carbocycles. The van der Waals surface area contributed by atoms with Crippen molar-refractivity contribution in [1.29, 1.82) is 0 Å². The van der Waals surface area contributed by atoms with Crippen molar-refractivity contribution in [1.82, 2.24) is 0 Å². The van der Waals surface area contributed by atoms with Crippen LogP contribution in [0, 0.1) is 0 Å². The van der Waals surface area contributed by atoms with E-state index in [0.29, 0.717) is 13.2 Å². The molecule has 2 aromatic heterocycles. The first-order valence-electron chi connectivity index (χ1n) is 12.8. The molecule has 0 bridgehead atoms. The minimum Gasteiger partial charge on any atom is -1.00 e. The maximum atomic E-state index is 5.40. The summed E-state index contributed by atoms with van der Waals surface area (Å²) in [5.74, 6) is 1.65. The molecule has 216 valence electrons. The van der Waals surface area contributed by atoms with Crippen LogP contribution in [0.5, 0.6) is 11.5 Å². The van der Waals surface area contributed by atoms with E-state index >= 15 is 0 Å². The second kappa shape index (κ2) is 18.6. The minimum absolute atomic E-state index is 0.